The van der Waals surface area contributed by atoms with Gasteiger partial charge in [-0.25, -0.2) is 4.98 Å². The Bertz CT molecular complexity index is 817. The molecule has 0 atom stereocenters. The van der Waals surface area contributed by atoms with Gasteiger partial charge in [0, 0.05) is 29.8 Å². The molecule has 2 aromatic rings. The number of nitrogens with zero attached hydrogens (tertiary/aromatic N) is 2. The topological polar surface area (TPSA) is 64.0 Å². The lowest BCUT2D eigenvalue weighted by Crippen LogP contribution is -2.19. The number of Topliss-reactive ketones (excluding diaryl/α,β-unsaturated/α-hetero) is 1. The number of thiophene rings is 1. The quantitative estimate of drug-likeness (QED) is 0.927. The van der Waals surface area contributed by atoms with Crippen LogP contribution < -0.4 is 5.32 Å². The number of fused-ring (bicyclic) bond motifs is 1. The smallest absolute Gasteiger partial charge is 0.230 e. The van der Waals surface area contributed by atoms with Gasteiger partial charge in [-0.05, 0) is 36.3 Å². The van der Waals surface area contributed by atoms with Crippen LogP contribution in [0.4, 0.5) is 5.82 Å². The number of aryl methyl sites for hydroxylation is 1. The Morgan fingerprint density at radius 2 is 2.21 bits per heavy atom. The van der Waals surface area contributed by atoms with Crippen LogP contribution in [-0.2, 0) is 22.6 Å². The van der Waals surface area contributed by atoms with Crippen molar-refractivity contribution in [3.63, 3.8) is 0 Å². The van der Waals surface area contributed by atoms with E-state index in [0.29, 0.717) is 12.0 Å². The molecule has 124 valence electrons. The molecule has 0 aromatic carbocycles. The molecule has 1 amide bonds. The van der Waals surface area contributed by atoms with E-state index >= 15 is 0 Å². The van der Waals surface area contributed by atoms with Crippen LogP contribution in [0.2, 0.25) is 0 Å². The highest BCUT2D eigenvalue weighted by Crippen LogP contribution is 2.35. The molecule has 3 heterocycles. The molecule has 2 aromatic heterocycles. The first-order valence-electron chi connectivity index (χ1n) is 8.36. The van der Waals surface area contributed by atoms with E-state index in [9.17, 15) is 9.59 Å². The van der Waals surface area contributed by atoms with Gasteiger partial charge >= 0.3 is 0 Å². The van der Waals surface area contributed by atoms with Crippen LogP contribution in [0, 0.1) is 0 Å². The highest BCUT2D eigenvalue weighted by Gasteiger charge is 2.26. The van der Waals surface area contributed by atoms with Gasteiger partial charge in [0.15, 0.2) is 5.78 Å². The Morgan fingerprint density at radius 1 is 1.29 bits per heavy atom. The number of allylic oxidation sites excluding steroid dienone is 1. The third kappa shape index (κ3) is 2.82. The number of aromatic nitrogens is 2. The molecular weight excluding hydrogens is 322 g/mol. The predicted octanol–water partition coefficient (Wildman–Crippen LogP) is 3.43. The van der Waals surface area contributed by atoms with Gasteiger partial charge in [0.2, 0.25) is 5.91 Å². The molecule has 0 fully saturated rings. The molecule has 0 saturated heterocycles. The van der Waals surface area contributed by atoms with E-state index in [1.54, 1.807) is 17.5 Å². The highest BCUT2D eigenvalue weighted by atomic mass is 32.1. The number of nitrogens with one attached hydrogen (secondary N) is 1. The van der Waals surface area contributed by atoms with Gasteiger partial charge in [0.05, 0.1) is 12.6 Å². The van der Waals surface area contributed by atoms with Crippen molar-refractivity contribution in [3.8, 4) is 0 Å². The summed E-state index contributed by atoms with van der Waals surface area (Å²) in [5, 5.41) is 4.94. The number of hydrogen-bond donors (Lipinski definition) is 1. The molecule has 1 aliphatic heterocycles. The zero-order valence-electron chi connectivity index (χ0n) is 13.4. The lowest BCUT2D eigenvalue weighted by atomic mass is 10.1. The first kappa shape index (κ1) is 15.3. The zero-order valence-corrected chi connectivity index (χ0v) is 14.2. The van der Waals surface area contributed by atoms with E-state index in [2.05, 4.69) is 14.9 Å². The number of anilines is 1. The molecule has 0 radical (unpaired) electrons. The first-order chi connectivity index (χ1) is 11.7. The summed E-state index contributed by atoms with van der Waals surface area (Å²) in [6.45, 7) is 0.896. The van der Waals surface area contributed by atoms with Crippen LogP contribution in [0.5, 0.6) is 0 Å². The number of amides is 1. The molecule has 0 bridgehead atoms. The summed E-state index contributed by atoms with van der Waals surface area (Å²) >= 11 is 1.62. The van der Waals surface area contributed by atoms with E-state index < -0.39 is 0 Å². The Kier molecular flexibility index (Phi) is 4.06. The van der Waals surface area contributed by atoms with Gasteiger partial charge in [-0.1, -0.05) is 6.07 Å². The van der Waals surface area contributed by atoms with Crippen molar-refractivity contribution in [2.45, 2.75) is 45.1 Å². The monoisotopic (exact) mass is 341 g/mol. The molecule has 5 nitrogen and oxygen atoms in total. The summed E-state index contributed by atoms with van der Waals surface area (Å²) < 4.78 is 2.08. The van der Waals surface area contributed by atoms with E-state index in [4.69, 9.17) is 0 Å². The van der Waals surface area contributed by atoms with E-state index in [0.717, 1.165) is 54.3 Å². The highest BCUT2D eigenvalue weighted by molar-refractivity contribution is 7.11. The van der Waals surface area contributed by atoms with Crippen molar-refractivity contribution >= 4 is 34.4 Å². The molecular formula is C18H19N3O2S. The van der Waals surface area contributed by atoms with Crippen LogP contribution in [0.15, 0.2) is 29.3 Å². The Morgan fingerprint density at radius 3 is 3.04 bits per heavy atom. The molecule has 24 heavy (non-hydrogen) atoms. The maximum Gasteiger partial charge on any atom is 0.230 e. The molecule has 0 spiro atoms. The van der Waals surface area contributed by atoms with E-state index in [1.165, 1.54) is 0 Å². The Labute approximate surface area is 144 Å². The van der Waals surface area contributed by atoms with Crippen LogP contribution >= 0.6 is 11.3 Å². The third-order valence-corrected chi connectivity index (χ3v) is 5.63. The fraction of sp³-hybridized carbons (Fsp3) is 0.389. The largest absolute Gasteiger partial charge is 0.315 e. The van der Waals surface area contributed by atoms with Gasteiger partial charge in [0.1, 0.15) is 11.6 Å². The minimum atomic E-state index is -0.137. The van der Waals surface area contributed by atoms with Gasteiger partial charge in [0.25, 0.3) is 0 Å². The Hall–Kier alpha value is -2.21. The number of ketones is 1. The van der Waals surface area contributed by atoms with Crippen molar-refractivity contribution in [3.05, 3.63) is 40.0 Å². The maximum absolute atomic E-state index is 12.5. The zero-order chi connectivity index (χ0) is 16.5. The summed E-state index contributed by atoms with van der Waals surface area (Å²) in [5.74, 6) is 1.75. The van der Waals surface area contributed by atoms with Gasteiger partial charge in [-0.15, -0.1) is 11.3 Å². The van der Waals surface area contributed by atoms with Crippen molar-refractivity contribution in [1.29, 1.82) is 0 Å². The minimum absolute atomic E-state index is 0.101. The molecule has 0 saturated carbocycles. The summed E-state index contributed by atoms with van der Waals surface area (Å²) in [7, 11) is 0. The molecule has 6 heteroatoms. The van der Waals surface area contributed by atoms with Gasteiger partial charge < -0.3 is 9.88 Å². The Balaban J connectivity index is 1.52. The fourth-order valence-electron chi connectivity index (χ4n) is 3.50. The van der Waals surface area contributed by atoms with Gasteiger partial charge in [-0.2, -0.15) is 0 Å². The van der Waals surface area contributed by atoms with Crippen LogP contribution in [0.3, 0.4) is 0 Å². The average Bonchev–Trinajstić information content (AvgIpc) is 3.30. The van der Waals surface area contributed by atoms with Crippen molar-refractivity contribution in [1.82, 2.24) is 9.55 Å². The number of imidazole rings is 1. The normalized spacial score (nSPS) is 17.2. The van der Waals surface area contributed by atoms with E-state index in [1.807, 2.05) is 17.5 Å². The first-order valence-corrected chi connectivity index (χ1v) is 9.23. The second-order valence-corrected chi connectivity index (χ2v) is 7.20. The fourth-order valence-corrected chi connectivity index (χ4v) is 4.33. The van der Waals surface area contributed by atoms with Crippen molar-refractivity contribution < 1.29 is 9.59 Å². The van der Waals surface area contributed by atoms with E-state index in [-0.39, 0.29) is 18.1 Å². The molecule has 2 aliphatic rings. The lowest BCUT2D eigenvalue weighted by Gasteiger charge is -2.16. The summed E-state index contributed by atoms with van der Waals surface area (Å²) in [5.41, 5.74) is 1.72. The second-order valence-electron chi connectivity index (χ2n) is 6.25. The maximum atomic E-state index is 12.5. The molecule has 0 unspecified atom stereocenters. The van der Waals surface area contributed by atoms with Crippen LogP contribution in [0.25, 0.3) is 5.57 Å². The summed E-state index contributed by atoms with van der Waals surface area (Å²) in [4.78, 5) is 30.2. The molecule has 1 N–H and O–H groups in total. The number of rotatable bonds is 4. The standard InChI is InChI=1S/C18H19N3O2S/c22-14-7-6-12(15-4-3-9-24-15)13(14)10-18(23)20-17-11-19-16-5-1-2-8-21(16)17/h3-4,9,11H,1-2,5-8,10H2,(H,20,23). The molecule has 4 rings (SSSR count). The number of hydrogen-bond acceptors (Lipinski definition) is 4. The summed E-state index contributed by atoms with van der Waals surface area (Å²) in [6, 6.07) is 4.00. The third-order valence-electron chi connectivity index (χ3n) is 4.70. The second kappa shape index (κ2) is 6.36. The van der Waals surface area contributed by atoms with Crippen LogP contribution in [0.1, 0.15) is 42.8 Å². The van der Waals surface area contributed by atoms with Crippen molar-refractivity contribution in [2.75, 3.05) is 5.32 Å². The average molecular weight is 341 g/mol. The molecule has 1 aliphatic carbocycles. The van der Waals surface area contributed by atoms with Crippen molar-refractivity contribution in [2.24, 2.45) is 0 Å². The van der Waals surface area contributed by atoms with Crippen LogP contribution in [-0.4, -0.2) is 21.2 Å². The lowest BCUT2D eigenvalue weighted by molar-refractivity contribution is -0.119. The SMILES string of the molecule is O=C(CC1=C(c2cccs2)CCC1=O)Nc1cnc2n1CCCC2. The van der Waals surface area contributed by atoms with Gasteiger partial charge in [-0.3, -0.25) is 9.59 Å². The number of carbonyl (C=O) groups excluding carboxylic acids is 2. The minimum Gasteiger partial charge on any atom is -0.315 e. The summed E-state index contributed by atoms with van der Waals surface area (Å²) in [6.07, 6.45) is 6.34. The number of carbonyl (C=O) groups is 2. The predicted molar refractivity (Wildman–Crippen MR) is 93.9 cm³/mol.